The molecule has 3 aromatic rings. The molecule has 0 bridgehead atoms. The third-order valence-electron chi connectivity index (χ3n) is 4.31. The summed E-state index contributed by atoms with van der Waals surface area (Å²) in [5, 5.41) is 2.75. The minimum atomic E-state index is -3.53. The first kappa shape index (κ1) is 19.7. The van der Waals surface area contributed by atoms with Gasteiger partial charge >= 0.3 is 0 Å². The van der Waals surface area contributed by atoms with Gasteiger partial charge in [-0.1, -0.05) is 30.3 Å². The number of benzene rings is 2. The standard InChI is InChI=1S/C21H21N3O3S/c1-22-28(26,27)19-11-9-18(10-12-19)21(25)24-20-15-17(13-14-23-20)8-7-16-5-3-2-4-6-16/h2-6,9-15,22H,7-8H2,1H3,(H,23,24,25). The van der Waals surface area contributed by atoms with Crippen LogP contribution in [0.25, 0.3) is 0 Å². The monoisotopic (exact) mass is 395 g/mol. The Kier molecular flexibility index (Phi) is 6.18. The summed E-state index contributed by atoms with van der Waals surface area (Å²) in [6.45, 7) is 0. The zero-order chi connectivity index (χ0) is 20.0. The van der Waals surface area contributed by atoms with Crippen LogP contribution in [-0.4, -0.2) is 26.4 Å². The maximum Gasteiger partial charge on any atom is 0.256 e. The van der Waals surface area contributed by atoms with E-state index in [1.807, 2.05) is 30.3 Å². The third-order valence-corrected chi connectivity index (χ3v) is 5.74. The van der Waals surface area contributed by atoms with Gasteiger partial charge in [-0.05, 0) is 67.4 Å². The topological polar surface area (TPSA) is 88.2 Å². The lowest BCUT2D eigenvalue weighted by Crippen LogP contribution is -2.19. The first-order valence-electron chi connectivity index (χ1n) is 8.82. The SMILES string of the molecule is CNS(=O)(=O)c1ccc(C(=O)Nc2cc(CCc3ccccc3)ccn2)cc1. The van der Waals surface area contributed by atoms with Gasteiger partial charge in [0.25, 0.3) is 5.91 Å². The number of hydrogen-bond acceptors (Lipinski definition) is 4. The fourth-order valence-corrected chi connectivity index (χ4v) is 3.45. The molecule has 6 nitrogen and oxygen atoms in total. The molecule has 0 saturated heterocycles. The fraction of sp³-hybridized carbons (Fsp3) is 0.143. The summed E-state index contributed by atoms with van der Waals surface area (Å²) >= 11 is 0. The molecule has 0 saturated carbocycles. The lowest BCUT2D eigenvalue weighted by atomic mass is 10.1. The summed E-state index contributed by atoms with van der Waals surface area (Å²) in [5.74, 6) is 0.114. The van der Waals surface area contributed by atoms with Crippen LogP contribution in [0.15, 0.2) is 77.8 Å². The van der Waals surface area contributed by atoms with E-state index >= 15 is 0 Å². The van der Waals surface area contributed by atoms with Gasteiger partial charge in [0.2, 0.25) is 10.0 Å². The summed E-state index contributed by atoms with van der Waals surface area (Å²) < 4.78 is 25.7. The summed E-state index contributed by atoms with van der Waals surface area (Å²) in [5.41, 5.74) is 2.68. The van der Waals surface area contributed by atoms with Gasteiger partial charge in [0.1, 0.15) is 5.82 Å². The summed E-state index contributed by atoms with van der Waals surface area (Å²) in [6, 6.07) is 19.7. The second kappa shape index (κ2) is 8.77. The van der Waals surface area contributed by atoms with E-state index in [0.717, 1.165) is 18.4 Å². The molecule has 2 aromatic carbocycles. The first-order chi connectivity index (χ1) is 13.5. The Balaban J connectivity index is 1.65. The predicted molar refractivity (Wildman–Crippen MR) is 109 cm³/mol. The van der Waals surface area contributed by atoms with Crippen molar-refractivity contribution in [1.29, 1.82) is 0 Å². The first-order valence-corrected chi connectivity index (χ1v) is 10.3. The van der Waals surface area contributed by atoms with Crippen LogP contribution in [0.5, 0.6) is 0 Å². The molecule has 0 unspecified atom stereocenters. The van der Waals surface area contributed by atoms with E-state index in [0.29, 0.717) is 11.4 Å². The lowest BCUT2D eigenvalue weighted by Gasteiger charge is -2.08. The van der Waals surface area contributed by atoms with Crippen LogP contribution in [0.3, 0.4) is 0 Å². The van der Waals surface area contributed by atoms with Crippen LogP contribution in [0, 0.1) is 0 Å². The van der Waals surface area contributed by atoms with E-state index in [2.05, 4.69) is 27.2 Å². The number of aromatic nitrogens is 1. The fourth-order valence-electron chi connectivity index (χ4n) is 2.72. The van der Waals surface area contributed by atoms with Gasteiger partial charge in [0.15, 0.2) is 0 Å². The van der Waals surface area contributed by atoms with E-state index < -0.39 is 10.0 Å². The van der Waals surface area contributed by atoms with Crippen molar-refractivity contribution < 1.29 is 13.2 Å². The average Bonchev–Trinajstić information content (AvgIpc) is 2.73. The van der Waals surface area contributed by atoms with E-state index in [1.165, 1.54) is 36.9 Å². The molecule has 0 fully saturated rings. The number of anilines is 1. The molecule has 0 atom stereocenters. The largest absolute Gasteiger partial charge is 0.307 e. The Morgan fingerprint density at radius 2 is 1.61 bits per heavy atom. The molecule has 0 aliphatic rings. The summed E-state index contributed by atoms with van der Waals surface area (Å²) in [4.78, 5) is 16.7. The molecule has 1 aromatic heterocycles. The molecule has 1 amide bonds. The number of rotatable bonds is 7. The maximum absolute atomic E-state index is 12.4. The third kappa shape index (κ3) is 5.03. The van der Waals surface area contributed by atoms with Gasteiger partial charge in [0, 0.05) is 11.8 Å². The van der Waals surface area contributed by atoms with Crippen molar-refractivity contribution >= 4 is 21.7 Å². The number of carbonyl (C=O) groups excluding carboxylic acids is 1. The van der Waals surface area contributed by atoms with Crippen LogP contribution < -0.4 is 10.0 Å². The highest BCUT2D eigenvalue weighted by atomic mass is 32.2. The maximum atomic E-state index is 12.4. The number of sulfonamides is 1. The van der Waals surface area contributed by atoms with Crippen molar-refractivity contribution in [3.05, 3.63) is 89.6 Å². The van der Waals surface area contributed by atoms with E-state index in [9.17, 15) is 13.2 Å². The van der Waals surface area contributed by atoms with Crippen LogP contribution >= 0.6 is 0 Å². The second-order valence-corrected chi connectivity index (χ2v) is 8.11. The molecule has 0 spiro atoms. The Morgan fingerprint density at radius 1 is 0.929 bits per heavy atom. The molecular weight excluding hydrogens is 374 g/mol. The Hall–Kier alpha value is -3.03. The van der Waals surface area contributed by atoms with E-state index in [4.69, 9.17) is 0 Å². The number of amides is 1. The van der Waals surface area contributed by atoms with Crippen molar-refractivity contribution in [1.82, 2.24) is 9.71 Å². The van der Waals surface area contributed by atoms with Gasteiger partial charge in [-0.25, -0.2) is 18.1 Å². The number of nitrogens with zero attached hydrogens (tertiary/aromatic N) is 1. The van der Waals surface area contributed by atoms with E-state index in [1.54, 1.807) is 6.20 Å². The van der Waals surface area contributed by atoms with Gasteiger partial charge in [-0.15, -0.1) is 0 Å². The smallest absolute Gasteiger partial charge is 0.256 e. The molecule has 0 aliphatic carbocycles. The molecule has 7 heteroatoms. The Bertz CT molecular complexity index is 1050. The minimum absolute atomic E-state index is 0.104. The molecule has 144 valence electrons. The number of carbonyl (C=O) groups is 1. The van der Waals surface area contributed by atoms with Crippen molar-refractivity contribution in [2.45, 2.75) is 17.7 Å². The second-order valence-electron chi connectivity index (χ2n) is 6.22. The molecule has 1 heterocycles. The Morgan fingerprint density at radius 3 is 2.29 bits per heavy atom. The average molecular weight is 395 g/mol. The molecule has 0 aliphatic heterocycles. The number of aryl methyl sites for hydroxylation is 2. The van der Waals surface area contributed by atoms with E-state index in [-0.39, 0.29) is 10.8 Å². The molecular formula is C21H21N3O3S. The van der Waals surface area contributed by atoms with Crippen molar-refractivity contribution in [3.8, 4) is 0 Å². The van der Waals surface area contributed by atoms with Gasteiger partial charge in [-0.2, -0.15) is 0 Å². The quantitative estimate of drug-likeness (QED) is 0.644. The van der Waals surface area contributed by atoms with Crippen LogP contribution in [0.1, 0.15) is 21.5 Å². The zero-order valence-corrected chi connectivity index (χ0v) is 16.2. The normalized spacial score (nSPS) is 11.2. The molecule has 0 radical (unpaired) electrons. The zero-order valence-electron chi connectivity index (χ0n) is 15.4. The number of nitrogens with one attached hydrogen (secondary N) is 2. The van der Waals surface area contributed by atoms with Crippen LogP contribution in [-0.2, 0) is 22.9 Å². The highest BCUT2D eigenvalue weighted by molar-refractivity contribution is 7.89. The van der Waals surface area contributed by atoms with Gasteiger partial charge in [0.05, 0.1) is 4.90 Å². The van der Waals surface area contributed by atoms with Crippen molar-refractivity contribution in [2.24, 2.45) is 0 Å². The van der Waals surface area contributed by atoms with Crippen LogP contribution in [0.4, 0.5) is 5.82 Å². The molecule has 2 N–H and O–H groups in total. The van der Waals surface area contributed by atoms with Crippen molar-refractivity contribution in [3.63, 3.8) is 0 Å². The molecule has 28 heavy (non-hydrogen) atoms. The predicted octanol–water partition coefficient (Wildman–Crippen LogP) is 3.03. The highest BCUT2D eigenvalue weighted by Crippen LogP contribution is 2.14. The van der Waals surface area contributed by atoms with Crippen LogP contribution in [0.2, 0.25) is 0 Å². The van der Waals surface area contributed by atoms with Gasteiger partial charge < -0.3 is 5.32 Å². The number of hydrogen-bond donors (Lipinski definition) is 2. The number of pyridine rings is 1. The summed E-state index contributed by atoms with van der Waals surface area (Å²) in [7, 11) is -2.19. The Labute approximate surface area is 164 Å². The van der Waals surface area contributed by atoms with Crippen molar-refractivity contribution in [2.75, 3.05) is 12.4 Å². The molecule has 3 rings (SSSR count). The van der Waals surface area contributed by atoms with Gasteiger partial charge in [-0.3, -0.25) is 4.79 Å². The minimum Gasteiger partial charge on any atom is -0.307 e. The lowest BCUT2D eigenvalue weighted by molar-refractivity contribution is 0.102. The summed E-state index contributed by atoms with van der Waals surface area (Å²) in [6.07, 6.45) is 3.41. The highest BCUT2D eigenvalue weighted by Gasteiger charge is 2.13.